The van der Waals surface area contributed by atoms with Crippen molar-refractivity contribution in [3.05, 3.63) is 47.5 Å². The minimum absolute atomic E-state index is 1.07. The Balaban J connectivity index is 3.16. The van der Waals surface area contributed by atoms with Gasteiger partial charge in [-0.05, 0) is 36.6 Å². The molecule has 0 aliphatic heterocycles. The minimum atomic E-state index is 1.07. The van der Waals surface area contributed by atoms with Gasteiger partial charge < -0.3 is 0 Å². The zero-order valence-corrected chi connectivity index (χ0v) is 6.44. The van der Waals surface area contributed by atoms with E-state index in [1.165, 1.54) is 11.1 Å². The van der Waals surface area contributed by atoms with Gasteiger partial charge in [0, 0.05) is 0 Å². The van der Waals surface area contributed by atoms with Gasteiger partial charge in [-0.25, -0.2) is 0 Å². The highest BCUT2D eigenvalue weighted by Crippen LogP contribution is 2.08. The second-order valence-electron chi connectivity index (χ2n) is 2.48. The molecule has 0 N–H and O–H groups in total. The van der Waals surface area contributed by atoms with Crippen LogP contribution in [0.1, 0.15) is 16.7 Å². The second-order valence-corrected chi connectivity index (χ2v) is 2.48. The van der Waals surface area contributed by atoms with Crippen LogP contribution in [0, 0.1) is 19.9 Å². The molecule has 0 spiro atoms. The molecule has 1 aromatic rings. The summed E-state index contributed by atoms with van der Waals surface area (Å²) in [5.74, 6) is 0. The van der Waals surface area contributed by atoms with E-state index in [1.54, 1.807) is 0 Å². The van der Waals surface area contributed by atoms with Gasteiger partial charge in [-0.15, -0.1) is 0 Å². The second kappa shape index (κ2) is 2.70. The van der Waals surface area contributed by atoms with Crippen molar-refractivity contribution >= 4 is 0 Å². The first-order chi connectivity index (χ1) is 4.74. The smallest absolute Gasteiger partial charge is 0.0181 e. The molecule has 0 aliphatic carbocycles. The average molecular weight is 131 g/mol. The normalized spacial score (nSPS) is 9.40. The summed E-state index contributed by atoms with van der Waals surface area (Å²) in [6.07, 6.45) is 2.84. The van der Waals surface area contributed by atoms with Crippen LogP contribution in [0.25, 0.3) is 0 Å². The average Bonchev–Trinajstić information content (AvgIpc) is 1.95. The van der Waals surface area contributed by atoms with Crippen molar-refractivity contribution in [3.63, 3.8) is 0 Å². The monoisotopic (exact) mass is 131 g/mol. The summed E-state index contributed by atoms with van der Waals surface area (Å²) in [7, 11) is 0. The molecule has 0 unspecified atom stereocenters. The molecule has 10 heavy (non-hydrogen) atoms. The molecule has 0 atom stereocenters. The van der Waals surface area contributed by atoms with Crippen LogP contribution in [0.5, 0.6) is 0 Å². The molecule has 0 heterocycles. The lowest BCUT2D eigenvalue weighted by Crippen LogP contribution is -1.81. The Labute approximate surface area is 62.2 Å². The van der Waals surface area contributed by atoms with Crippen molar-refractivity contribution in [2.75, 3.05) is 0 Å². The van der Waals surface area contributed by atoms with E-state index in [0.29, 0.717) is 0 Å². The van der Waals surface area contributed by atoms with Gasteiger partial charge in [0.25, 0.3) is 0 Å². The molecule has 0 heteroatoms. The summed E-state index contributed by atoms with van der Waals surface area (Å²) < 4.78 is 0. The van der Waals surface area contributed by atoms with E-state index in [9.17, 15) is 0 Å². The third kappa shape index (κ3) is 1.27. The Hall–Kier alpha value is -1.04. The number of hydrogen-bond acceptors (Lipinski definition) is 0. The lowest BCUT2D eigenvalue weighted by Gasteiger charge is -1.98. The first kappa shape index (κ1) is 7.07. The van der Waals surface area contributed by atoms with E-state index in [4.69, 9.17) is 0 Å². The molecule has 1 radical (unpaired) electrons. The lowest BCUT2D eigenvalue weighted by molar-refractivity contribution is 1.32. The predicted molar refractivity (Wildman–Crippen MR) is 43.9 cm³/mol. The van der Waals surface area contributed by atoms with E-state index >= 15 is 0 Å². The molecule has 1 rings (SSSR count). The van der Waals surface area contributed by atoms with E-state index in [0.717, 1.165) is 5.56 Å². The van der Waals surface area contributed by atoms with E-state index in [1.807, 2.05) is 6.07 Å². The number of rotatable bonds is 1. The van der Waals surface area contributed by atoms with Gasteiger partial charge in [-0.2, -0.15) is 0 Å². The van der Waals surface area contributed by atoms with Crippen LogP contribution in [0.4, 0.5) is 0 Å². The third-order valence-corrected chi connectivity index (χ3v) is 1.71. The van der Waals surface area contributed by atoms with Crippen LogP contribution in [0.15, 0.2) is 24.8 Å². The molecule has 0 amide bonds. The van der Waals surface area contributed by atoms with Crippen LogP contribution in [0.2, 0.25) is 0 Å². The standard InChI is InChI=1S/C10H11/c1-4-10-6-5-8(2)9(3)7-10/h5-7H,1H2,2-3H3. The van der Waals surface area contributed by atoms with Crippen LogP contribution in [-0.2, 0) is 0 Å². The zero-order chi connectivity index (χ0) is 7.56. The molecule has 0 fully saturated rings. The maximum atomic E-state index is 3.58. The largest absolute Gasteiger partial charge is 0.0906 e. The molecular formula is C10H11. The molecule has 0 saturated carbocycles. The summed E-state index contributed by atoms with van der Waals surface area (Å²) in [6, 6.07) is 6.19. The van der Waals surface area contributed by atoms with Crippen molar-refractivity contribution in [3.8, 4) is 0 Å². The topological polar surface area (TPSA) is 0 Å². The van der Waals surface area contributed by atoms with E-state index < -0.39 is 0 Å². The molecule has 0 bridgehead atoms. The van der Waals surface area contributed by atoms with E-state index in [-0.39, 0.29) is 0 Å². The Morgan fingerprint density at radius 3 is 2.40 bits per heavy atom. The van der Waals surface area contributed by atoms with Crippen molar-refractivity contribution in [1.82, 2.24) is 0 Å². The molecule has 51 valence electrons. The highest BCUT2D eigenvalue weighted by molar-refractivity contribution is 5.32. The fraction of sp³-hybridized carbons (Fsp3) is 0.200. The third-order valence-electron chi connectivity index (χ3n) is 1.71. The van der Waals surface area contributed by atoms with Crippen LogP contribution >= 0.6 is 0 Å². The molecule has 0 nitrogen and oxygen atoms in total. The predicted octanol–water partition coefficient (Wildman–Crippen LogP) is 2.64. The van der Waals surface area contributed by atoms with Crippen molar-refractivity contribution in [2.24, 2.45) is 0 Å². The molecule has 0 aliphatic rings. The number of aryl methyl sites for hydroxylation is 2. The van der Waals surface area contributed by atoms with Crippen LogP contribution in [0.3, 0.4) is 0 Å². The lowest BCUT2D eigenvalue weighted by atomic mass is 10.1. The molecular weight excluding hydrogens is 120 g/mol. The van der Waals surface area contributed by atoms with E-state index in [2.05, 4.69) is 38.6 Å². The van der Waals surface area contributed by atoms with Gasteiger partial charge in [-0.1, -0.05) is 24.8 Å². The highest BCUT2D eigenvalue weighted by Gasteiger charge is 1.90. The first-order valence-corrected chi connectivity index (χ1v) is 3.34. The van der Waals surface area contributed by atoms with Gasteiger partial charge in [0.05, 0.1) is 0 Å². The summed E-state index contributed by atoms with van der Waals surface area (Å²) >= 11 is 0. The highest BCUT2D eigenvalue weighted by atomic mass is 14.0. The molecule has 0 aromatic heterocycles. The molecule has 0 saturated heterocycles. The Morgan fingerprint density at radius 1 is 1.20 bits per heavy atom. The molecule has 1 aromatic carbocycles. The van der Waals surface area contributed by atoms with Gasteiger partial charge >= 0.3 is 0 Å². The Bertz CT molecular complexity index is 246. The van der Waals surface area contributed by atoms with Crippen molar-refractivity contribution in [2.45, 2.75) is 13.8 Å². The van der Waals surface area contributed by atoms with Gasteiger partial charge in [0.1, 0.15) is 0 Å². The van der Waals surface area contributed by atoms with Crippen LogP contribution < -0.4 is 0 Å². The van der Waals surface area contributed by atoms with Gasteiger partial charge in [0.2, 0.25) is 0 Å². The first-order valence-electron chi connectivity index (χ1n) is 3.34. The van der Waals surface area contributed by atoms with Gasteiger partial charge in [-0.3, -0.25) is 0 Å². The summed E-state index contributed by atoms with van der Waals surface area (Å²) in [6.45, 7) is 7.77. The van der Waals surface area contributed by atoms with Crippen molar-refractivity contribution < 1.29 is 0 Å². The Morgan fingerprint density at radius 2 is 1.90 bits per heavy atom. The zero-order valence-electron chi connectivity index (χ0n) is 6.44. The maximum absolute atomic E-state index is 3.58. The fourth-order valence-electron chi connectivity index (χ4n) is 0.851. The summed E-state index contributed by atoms with van der Waals surface area (Å²) in [4.78, 5) is 0. The van der Waals surface area contributed by atoms with Gasteiger partial charge in [0.15, 0.2) is 0 Å². The summed E-state index contributed by atoms with van der Waals surface area (Å²) in [5, 5.41) is 0. The Kier molecular flexibility index (Phi) is 1.91. The van der Waals surface area contributed by atoms with Crippen molar-refractivity contribution in [1.29, 1.82) is 0 Å². The minimum Gasteiger partial charge on any atom is -0.0906 e. The maximum Gasteiger partial charge on any atom is -0.0181 e. The van der Waals surface area contributed by atoms with Crippen LogP contribution in [-0.4, -0.2) is 0 Å². The fourth-order valence-corrected chi connectivity index (χ4v) is 0.851. The number of hydrogen-bond donors (Lipinski definition) is 0. The SMILES string of the molecule is C=[C]c1ccc(C)c(C)c1. The quantitative estimate of drug-likeness (QED) is 0.549. The summed E-state index contributed by atoms with van der Waals surface area (Å²) in [5.41, 5.74) is 3.69. The number of benzene rings is 1.